The van der Waals surface area contributed by atoms with Crippen molar-refractivity contribution in [1.29, 1.82) is 0 Å². The van der Waals surface area contributed by atoms with Gasteiger partial charge in [0.05, 0.1) is 11.4 Å². The second-order valence-electron chi connectivity index (χ2n) is 16.1. The summed E-state index contributed by atoms with van der Waals surface area (Å²) < 4.78 is 0. The molecule has 1 atom stereocenters. The third-order valence-electron chi connectivity index (χ3n) is 12.2. The van der Waals surface area contributed by atoms with Crippen molar-refractivity contribution < 1.29 is 0 Å². The van der Waals surface area contributed by atoms with E-state index >= 15 is 0 Å². The zero-order valence-electron chi connectivity index (χ0n) is 35.5. The Morgan fingerprint density at radius 1 is 0.569 bits per heavy atom. The van der Waals surface area contributed by atoms with E-state index in [1.54, 1.807) is 0 Å². The van der Waals surface area contributed by atoms with Gasteiger partial charge in [-0.15, -0.1) is 13.2 Å². The molecular weight excluding hydrogens is 699 g/mol. The predicted octanol–water partition coefficient (Wildman–Crippen LogP) is 16.7. The summed E-state index contributed by atoms with van der Waals surface area (Å²) in [6, 6.07) is 55.9. The number of hydrogen-bond donors (Lipinski definition) is 0. The second kappa shape index (κ2) is 17.2. The van der Waals surface area contributed by atoms with Crippen molar-refractivity contribution in [3.8, 4) is 22.3 Å². The van der Waals surface area contributed by atoms with Crippen molar-refractivity contribution in [2.45, 2.75) is 79.1 Å². The number of benzene rings is 8. The zero-order chi connectivity index (χ0) is 41.0. The van der Waals surface area contributed by atoms with Crippen LogP contribution in [0.25, 0.3) is 54.6 Å². The summed E-state index contributed by atoms with van der Waals surface area (Å²) in [5, 5.41) is 7.73. The average Bonchev–Trinajstić information content (AvgIpc) is 3.50. The van der Waals surface area contributed by atoms with E-state index in [0.717, 1.165) is 28.9 Å². The maximum Gasteiger partial charge on any atom is 0.0784 e. The number of nitrogens with zero attached hydrogens (tertiary/aromatic N) is 1. The highest BCUT2D eigenvalue weighted by Crippen LogP contribution is 2.52. The molecule has 0 bridgehead atoms. The Morgan fingerprint density at radius 3 is 1.91 bits per heavy atom. The third-order valence-corrected chi connectivity index (χ3v) is 12.2. The first kappa shape index (κ1) is 40.2. The van der Waals surface area contributed by atoms with Gasteiger partial charge in [-0.25, -0.2) is 4.99 Å². The smallest absolute Gasteiger partial charge is 0.0784 e. The topological polar surface area (TPSA) is 12.4 Å². The van der Waals surface area contributed by atoms with Crippen LogP contribution in [0.15, 0.2) is 170 Å². The van der Waals surface area contributed by atoms with Crippen LogP contribution in [0.5, 0.6) is 0 Å². The highest BCUT2D eigenvalue weighted by molar-refractivity contribution is 6.30. The van der Waals surface area contributed by atoms with Crippen LogP contribution in [0.3, 0.4) is 0 Å². The molecule has 0 saturated carbocycles. The highest BCUT2D eigenvalue weighted by atomic mass is 14.8. The molecule has 9 rings (SSSR count). The molecule has 1 nitrogen and oxygen atoms in total. The minimum absolute atomic E-state index is 0.0858. The highest BCUT2D eigenvalue weighted by Gasteiger charge is 2.36. The van der Waals surface area contributed by atoms with E-state index in [2.05, 4.69) is 213 Å². The molecule has 1 aliphatic rings. The number of aliphatic imine (C=N–C) groups is 1. The Labute approximate surface area is 346 Å². The largest absolute Gasteiger partial charge is 0.247 e. The van der Waals surface area contributed by atoms with E-state index in [1.165, 1.54) is 89.7 Å². The van der Waals surface area contributed by atoms with Gasteiger partial charge < -0.3 is 0 Å². The first-order valence-corrected chi connectivity index (χ1v) is 21.1. The van der Waals surface area contributed by atoms with Crippen LogP contribution in [-0.2, 0) is 5.41 Å². The Morgan fingerprint density at radius 2 is 1.19 bits per heavy atom. The number of unbranched alkanes of at least 4 members (excludes halogenated alkanes) is 1. The fraction of sp³-hybridized carbons (Fsp3) is 0.211. The Balaban J connectivity index is 0.000000806. The van der Waals surface area contributed by atoms with Crippen LogP contribution < -0.4 is 0 Å². The van der Waals surface area contributed by atoms with Crippen molar-refractivity contribution in [2.24, 2.45) is 4.99 Å². The Kier molecular flexibility index (Phi) is 11.9. The van der Waals surface area contributed by atoms with Crippen LogP contribution >= 0.6 is 0 Å². The Hall–Kier alpha value is -6.05. The maximum atomic E-state index is 5.76. The lowest BCUT2D eigenvalue weighted by Gasteiger charge is -2.23. The van der Waals surface area contributed by atoms with E-state index in [1.807, 2.05) is 0 Å². The van der Waals surface area contributed by atoms with Crippen molar-refractivity contribution in [3.63, 3.8) is 0 Å². The lowest BCUT2D eigenvalue weighted by Crippen LogP contribution is -2.14. The van der Waals surface area contributed by atoms with Crippen LogP contribution in [0.2, 0.25) is 0 Å². The minimum Gasteiger partial charge on any atom is -0.247 e. The van der Waals surface area contributed by atoms with Crippen LogP contribution in [0.1, 0.15) is 100 Å². The summed E-state index contributed by atoms with van der Waals surface area (Å²) in [5.74, 6) is 0.397. The van der Waals surface area contributed by atoms with Gasteiger partial charge in [0.1, 0.15) is 0 Å². The standard InChI is InChI=1S/C51H43N.C4H10.C2H4/c1-6-32(2)37-24-15-25-40-42-30-44-39-23-12-13-27-45(39)51(4,5)46(44)31-43(42)41-26-16-28-47(49(41)48(37)40)52-50(38-22-11-10-17-33(38)3)36-21-14-20-35(29-36)34-18-8-7-9-19-34;1-3-4-2;1-2/h7-32H,6H2,1-5H3;3-4H2,1-2H3;1-2H2. The molecule has 1 unspecified atom stereocenters. The van der Waals surface area contributed by atoms with E-state index in [4.69, 9.17) is 4.99 Å². The molecule has 58 heavy (non-hydrogen) atoms. The van der Waals surface area contributed by atoms with E-state index in [0.29, 0.717) is 5.92 Å². The fourth-order valence-electron chi connectivity index (χ4n) is 8.73. The molecule has 0 N–H and O–H groups in total. The minimum atomic E-state index is -0.0858. The molecule has 8 aromatic rings. The van der Waals surface area contributed by atoms with E-state index in [-0.39, 0.29) is 5.41 Å². The third kappa shape index (κ3) is 7.20. The van der Waals surface area contributed by atoms with E-state index < -0.39 is 0 Å². The Bertz CT molecular complexity index is 2760. The summed E-state index contributed by atoms with van der Waals surface area (Å²) in [6.45, 7) is 22.0. The number of hydrogen-bond acceptors (Lipinski definition) is 1. The number of rotatable bonds is 7. The number of aryl methyl sites for hydroxylation is 1. The lowest BCUT2D eigenvalue weighted by atomic mass is 9.80. The first-order chi connectivity index (χ1) is 28.3. The van der Waals surface area contributed by atoms with Crippen molar-refractivity contribution in [3.05, 3.63) is 198 Å². The molecule has 8 aromatic carbocycles. The molecule has 0 aliphatic heterocycles. The van der Waals surface area contributed by atoms with Gasteiger partial charge in [0, 0.05) is 21.9 Å². The molecule has 0 spiro atoms. The first-order valence-electron chi connectivity index (χ1n) is 21.1. The van der Waals surface area contributed by atoms with Crippen molar-refractivity contribution >= 4 is 43.7 Å². The van der Waals surface area contributed by atoms with Crippen LogP contribution in [0, 0.1) is 6.92 Å². The second-order valence-corrected chi connectivity index (χ2v) is 16.1. The van der Waals surface area contributed by atoms with Gasteiger partial charge in [0.25, 0.3) is 0 Å². The molecule has 0 fully saturated rings. The summed E-state index contributed by atoms with van der Waals surface area (Å²) >= 11 is 0. The molecule has 0 amide bonds. The molecule has 290 valence electrons. The zero-order valence-corrected chi connectivity index (χ0v) is 35.5. The van der Waals surface area contributed by atoms with Crippen LogP contribution in [-0.4, -0.2) is 5.71 Å². The molecule has 0 saturated heterocycles. The average molecular weight is 756 g/mol. The molecule has 0 radical (unpaired) electrons. The maximum absolute atomic E-state index is 5.76. The monoisotopic (exact) mass is 755 g/mol. The van der Waals surface area contributed by atoms with E-state index in [9.17, 15) is 0 Å². The summed E-state index contributed by atoms with van der Waals surface area (Å²) in [5.41, 5.74) is 14.7. The van der Waals surface area contributed by atoms with Crippen molar-refractivity contribution in [1.82, 2.24) is 0 Å². The van der Waals surface area contributed by atoms with Gasteiger partial charge in [-0.1, -0.05) is 182 Å². The van der Waals surface area contributed by atoms with Gasteiger partial charge in [0.15, 0.2) is 0 Å². The van der Waals surface area contributed by atoms with Gasteiger partial charge in [-0.3, -0.25) is 0 Å². The van der Waals surface area contributed by atoms with Gasteiger partial charge in [0.2, 0.25) is 0 Å². The molecule has 0 aromatic heterocycles. The normalized spacial score (nSPS) is 13.3. The summed E-state index contributed by atoms with van der Waals surface area (Å²) in [4.78, 5) is 5.76. The number of fused-ring (bicyclic) bond motifs is 9. The van der Waals surface area contributed by atoms with Crippen molar-refractivity contribution in [2.75, 3.05) is 0 Å². The molecule has 1 aliphatic carbocycles. The molecule has 1 heteroatoms. The SMILES string of the molecule is C=C.CCC(C)c1cccc2c3cc4c(cc3c3cccc(N=C(c5cccc(-c6ccccc6)c5)c5ccccc5C)c3c12)C(C)(C)c1ccccc1-4.CCCC. The summed E-state index contributed by atoms with van der Waals surface area (Å²) in [6.07, 6.45) is 3.70. The lowest BCUT2D eigenvalue weighted by molar-refractivity contribution is 0.661. The van der Waals surface area contributed by atoms with Gasteiger partial charge >= 0.3 is 0 Å². The quantitative estimate of drug-likeness (QED) is 0.0873. The predicted molar refractivity (Wildman–Crippen MR) is 255 cm³/mol. The van der Waals surface area contributed by atoms with Gasteiger partial charge in [-0.2, -0.15) is 0 Å². The van der Waals surface area contributed by atoms with Gasteiger partial charge in [-0.05, 0) is 115 Å². The van der Waals surface area contributed by atoms with Crippen LogP contribution in [0.4, 0.5) is 5.69 Å². The molecular formula is C57H57N. The fourth-order valence-corrected chi connectivity index (χ4v) is 8.73. The summed E-state index contributed by atoms with van der Waals surface area (Å²) in [7, 11) is 0. The molecule has 0 heterocycles.